The molecule has 0 amide bonds. The molecule has 172 valence electrons. The van der Waals surface area contributed by atoms with Crippen molar-refractivity contribution in [2.75, 3.05) is 7.11 Å². The number of methoxy groups -OCH3 is 1. The second-order valence-electron chi connectivity index (χ2n) is 8.74. The van der Waals surface area contributed by atoms with Crippen molar-refractivity contribution >= 4 is 5.97 Å². The van der Waals surface area contributed by atoms with Gasteiger partial charge in [0.05, 0.1) is 12.7 Å². The highest BCUT2D eigenvalue weighted by Crippen LogP contribution is 2.21. The van der Waals surface area contributed by atoms with Crippen LogP contribution in [0, 0.1) is 0 Å². The number of ether oxygens (including phenoxy) is 1. The lowest BCUT2D eigenvalue weighted by atomic mass is 9.99. The van der Waals surface area contributed by atoms with Crippen molar-refractivity contribution in [2.24, 2.45) is 0 Å². The third-order valence-corrected chi connectivity index (χ3v) is 6.09. The summed E-state index contributed by atoms with van der Waals surface area (Å²) < 4.78 is 5.23. The van der Waals surface area contributed by atoms with Crippen molar-refractivity contribution < 1.29 is 14.6 Å². The predicted octanol–water partition coefficient (Wildman–Crippen LogP) is 8.59. The van der Waals surface area contributed by atoms with Gasteiger partial charge in [0, 0.05) is 0 Å². The van der Waals surface area contributed by atoms with Gasteiger partial charge in [-0.1, -0.05) is 110 Å². The summed E-state index contributed by atoms with van der Waals surface area (Å²) in [5.41, 5.74) is 1.30. The SMILES string of the molecule is CCCCCCCCCCCCCCCCCCCc1cc(OC)ccc1C(=O)O. The van der Waals surface area contributed by atoms with Crippen LogP contribution in [0.3, 0.4) is 0 Å². The molecule has 0 aliphatic rings. The molecule has 3 nitrogen and oxygen atoms in total. The first kappa shape index (κ1) is 26.5. The van der Waals surface area contributed by atoms with Gasteiger partial charge in [0.25, 0.3) is 0 Å². The maximum atomic E-state index is 11.4. The van der Waals surface area contributed by atoms with E-state index in [9.17, 15) is 9.90 Å². The fourth-order valence-corrected chi connectivity index (χ4v) is 4.15. The molecular weight excluding hydrogens is 372 g/mol. The number of hydrogen-bond acceptors (Lipinski definition) is 2. The topological polar surface area (TPSA) is 46.5 Å². The maximum absolute atomic E-state index is 11.4. The van der Waals surface area contributed by atoms with Crippen LogP contribution in [0.25, 0.3) is 0 Å². The summed E-state index contributed by atoms with van der Waals surface area (Å²) in [6, 6.07) is 5.25. The number of carboxylic acids is 1. The molecule has 0 saturated heterocycles. The van der Waals surface area contributed by atoms with Crippen LogP contribution in [0.5, 0.6) is 5.75 Å². The molecular formula is C27H46O3. The summed E-state index contributed by atoms with van der Waals surface area (Å²) in [5, 5.41) is 9.33. The third kappa shape index (κ3) is 12.9. The van der Waals surface area contributed by atoms with Gasteiger partial charge >= 0.3 is 5.97 Å². The molecule has 0 unspecified atom stereocenters. The van der Waals surface area contributed by atoms with Crippen LogP contribution in [0.15, 0.2) is 18.2 Å². The number of aryl methyl sites for hydroxylation is 1. The lowest BCUT2D eigenvalue weighted by molar-refractivity contribution is 0.0695. The Morgan fingerprint density at radius 1 is 0.733 bits per heavy atom. The van der Waals surface area contributed by atoms with Crippen LogP contribution >= 0.6 is 0 Å². The van der Waals surface area contributed by atoms with Crippen LogP contribution in [-0.4, -0.2) is 18.2 Å². The molecule has 0 aromatic heterocycles. The van der Waals surface area contributed by atoms with Crippen LogP contribution < -0.4 is 4.74 Å². The predicted molar refractivity (Wildman–Crippen MR) is 128 cm³/mol. The molecule has 30 heavy (non-hydrogen) atoms. The Hall–Kier alpha value is -1.51. The van der Waals surface area contributed by atoms with Crippen molar-refractivity contribution in [3.8, 4) is 5.75 Å². The molecule has 0 bridgehead atoms. The fraction of sp³-hybridized carbons (Fsp3) is 0.741. The van der Waals surface area contributed by atoms with E-state index in [2.05, 4.69) is 6.92 Å². The number of hydrogen-bond donors (Lipinski definition) is 1. The molecule has 1 aromatic carbocycles. The summed E-state index contributed by atoms with van der Waals surface area (Å²) in [4.78, 5) is 11.4. The lowest BCUT2D eigenvalue weighted by Gasteiger charge is -2.09. The van der Waals surface area contributed by atoms with Crippen LogP contribution in [-0.2, 0) is 6.42 Å². The summed E-state index contributed by atoms with van der Waals surface area (Å²) in [6.07, 6.45) is 23.9. The zero-order chi connectivity index (χ0) is 21.9. The average molecular weight is 419 g/mol. The van der Waals surface area contributed by atoms with E-state index in [-0.39, 0.29) is 0 Å². The van der Waals surface area contributed by atoms with E-state index in [0.717, 1.165) is 24.2 Å². The summed E-state index contributed by atoms with van der Waals surface area (Å²) in [5.74, 6) is -0.110. The van der Waals surface area contributed by atoms with Gasteiger partial charge < -0.3 is 9.84 Å². The van der Waals surface area contributed by atoms with Gasteiger partial charge in [0.2, 0.25) is 0 Å². The molecule has 0 aliphatic carbocycles. The quantitative estimate of drug-likeness (QED) is 0.216. The van der Waals surface area contributed by atoms with Gasteiger partial charge in [-0.3, -0.25) is 0 Å². The first-order chi connectivity index (χ1) is 14.7. The summed E-state index contributed by atoms with van der Waals surface area (Å²) in [7, 11) is 1.62. The molecule has 1 aromatic rings. The Morgan fingerprint density at radius 3 is 1.57 bits per heavy atom. The second-order valence-corrected chi connectivity index (χ2v) is 8.74. The van der Waals surface area contributed by atoms with Gasteiger partial charge in [-0.2, -0.15) is 0 Å². The first-order valence-corrected chi connectivity index (χ1v) is 12.6. The van der Waals surface area contributed by atoms with Gasteiger partial charge in [0.1, 0.15) is 5.75 Å². The normalized spacial score (nSPS) is 11.0. The molecule has 1 N–H and O–H groups in total. The molecule has 0 saturated carbocycles. The van der Waals surface area contributed by atoms with Gasteiger partial charge in [0.15, 0.2) is 0 Å². The molecule has 0 fully saturated rings. The Kier molecular flexibility index (Phi) is 16.2. The van der Waals surface area contributed by atoms with E-state index in [4.69, 9.17) is 4.74 Å². The number of unbranched alkanes of at least 4 members (excludes halogenated alkanes) is 16. The molecule has 3 heteroatoms. The number of carboxylic acid groups (broad SMARTS) is 1. The Morgan fingerprint density at radius 2 is 1.17 bits per heavy atom. The fourth-order valence-electron chi connectivity index (χ4n) is 4.15. The van der Waals surface area contributed by atoms with E-state index >= 15 is 0 Å². The van der Waals surface area contributed by atoms with Crippen molar-refractivity contribution in [1.29, 1.82) is 0 Å². The highest BCUT2D eigenvalue weighted by Gasteiger charge is 2.10. The molecule has 0 spiro atoms. The van der Waals surface area contributed by atoms with Crippen LogP contribution in [0.1, 0.15) is 132 Å². The van der Waals surface area contributed by atoms with Crippen molar-refractivity contribution in [1.82, 2.24) is 0 Å². The number of aromatic carboxylic acids is 1. The van der Waals surface area contributed by atoms with E-state index in [1.54, 1.807) is 19.2 Å². The highest BCUT2D eigenvalue weighted by molar-refractivity contribution is 5.89. The standard InChI is InChI=1S/C27H46O3/c1-3-4-5-6-7-8-9-10-11-12-13-14-15-16-17-18-19-20-24-23-25(30-2)21-22-26(24)27(28)29/h21-23H,3-20H2,1-2H3,(H,28,29). The minimum absolute atomic E-state index is 0.410. The highest BCUT2D eigenvalue weighted by atomic mass is 16.5. The average Bonchev–Trinajstić information content (AvgIpc) is 2.75. The van der Waals surface area contributed by atoms with Gasteiger partial charge in [-0.25, -0.2) is 4.79 Å². The monoisotopic (exact) mass is 418 g/mol. The van der Waals surface area contributed by atoms with Crippen molar-refractivity contribution in [2.45, 2.75) is 122 Å². The largest absolute Gasteiger partial charge is 0.497 e. The summed E-state index contributed by atoms with van der Waals surface area (Å²) >= 11 is 0. The second kappa shape index (κ2) is 18.3. The minimum atomic E-state index is -0.848. The molecule has 0 atom stereocenters. The van der Waals surface area contributed by atoms with Crippen molar-refractivity contribution in [3.05, 3.63) is 29.3 Å². The number of carbonyl (C=O) groups is 1. The Labute approximate surface area is 185 Å². The van der Waals surface area contributed by atoms with E-state index < -0.39 is 5.97 Å². The molecule has 1 rings (SSSR count). The van der Waals surface area contributed by atoms with Crippen LogP contribution in [0.2, 0.25) is 0 Å². The Bertz CT molecular complexity index is 553. The van der Waals surface area contributed by atoms with Crippen LogP contribution in [0.4, 0.5) is 0 Å². The van der Waals surface area contributed by atoms with Gasteiger partial charge in [-0.15, -0.1) is 0 Å². The molecule has 0 heterocycles. The first-order valence-electron chi connectivity index (χ1n) is 12.6. The lowest BCUT2D eigenvalue weighted by Crippen LogP contribution is -2.03. The van der Waals surface area contributed by atoms with Gasteiger partial charge in [-0.05, 0) is 36.6 Å². The number of benzene rings is 1. The molecule has 0 radical (unpaired) electrons. The van der Waals surface area contributed by atoms with Crippen molar-refractivity contribution in [3.63, 3.8) is 0 Å². The minimum Gasteiger partial charge on any atom is -0.497 e. The Balaban J connectivity index is 1.93. The van der Waals surface area contributed by atoms with E-state index in [1.807, 2.05) is 6.07 Å². The smallest absolute Gasteiger partial charge is 0.335 e. The zero-order valence-electron chi connectivity index (χ0n) is 19.7. The van der Waals surface area contributed by atoms with E-state index in [1.165, 1.54) is 103 Å². The molecule has 0 aliphatic heterocycles. The summed E-state index contributed by atoms with van der Waals surface area (Å²) in [6.45, 7) is 2.28. The number of rotatable bonds is 20. The maximum Gasteiger partial charge on any atom is 0.335 e. The third-order valence-electron chi connectivity index (χ3n) is 6.09. The van der Waals surface area contributed by atoms with E-state index in [0.29, 0.717) is 5.56 Å². The zero-order valence-corrected chi connectivity index (χ0v) is 19.7.